The molecule has 0 aromatic rings. The molecule has 0 saturated carbocycles. The first kappa shape index (κ1) is 9.26. The molecule has 0 amide bonds. The molecule has 3 heteroatoms. The maximum Gasteiger partial charge on any atom is 0.161 e. The molecular formula is C9H15NO2. The second kappa shape index (κ2) is 4.93. The number of rotatable bonds is 4. The lowest BCUT2D eigenvalue weighted by atomic mass is 10.0. The molecule has 1 aliphatic heterocycles. The van der Waals surface area contributed by atoms with Gasteiger partial charge in [0.25, 0.3) is 0 Å². The van der Waals surface area contributed by atoms with E-state index in [2.05, 4.69) is 0 Å². The Hall–Kier alpha value is -0.830. The molecule has 1 heterocycles. The van der Waals surface area contributed by atoms with Crippen molar-refractivity contribution < 1.29 is 9.53 Å². The van der Waals surface area contributed by atoms with Crippen LogP contribution in [-0.4, -0.2) is 18.9 Å². The molecule has 68 valence electrons. The zero-order valence-electron chi connectivity index (χ0n) is 7.21. The van der Waals surface area contributed by atoms with Gasteiger partial charge in [-0.05, 0) is 25.8 Å². The molecule has 1 rings (SSSR count). The number of carbonyl (C=O) groups excluding carboxylic acids is 1. The minimum absolute atomic E-state index is 0.195. The predicted octanol–water partition coefficient (Wildman–Crippen LogP) is 0.989. The smallest absolute Gasteiger partial charge is 0.161 e. The number of hydrogen-bond acceptors (Lipinski definition) is 3. The fourth-order valence-electron chi connectivity index (χ4n) is 1.19. The van der Waals surface area contributed by atoms with Crippen molar-refractivity contribution >= 4 is 5.78 Å². The highest BCUT2D eigenvalue weighted by Gasteiger charge is 2.11. The first-order chi connectivity index (χ1) is 5.84. The maximum atomic E-state index is 11.4. The van der Waals surface area contributed by atoms with Crippen molar-refractivity contribution in [1.82, 2.24) is 0 Å². The Kier molecular flexibility index (Phi) is 3.80. The number of carbonyl (C=O) groups is 1. The summed E-state index contributed by atoms with van der Waals surface area (Å²) in [4.78, 5) is 11.4. The average Bonchev–Trinajstić information content (AvgIpc) is 2.15. The molecule has 0 saturated heterocycles. The summed E-state index contributed by atoms with van der Waals surface area (Å²) in [7, 11) is 0. The second-order valence-corrected chi connectivity index (χ2v) is 2.93. The quantitative estimate of drug-likeness (QED) is 0.682. The highest BCUT2D eigenvalue weighted by molar-refractivity contribution is 5.95. The number of hydrogen-bond donors (Lipinski definition) is 1. The monoisotopic (exact) mass is 169 g/mol. The van der Waals surface area contributed by atoms with Gasteiger partial charge in [-0.25, -0.2) is 0 Å². The zero-order valence-corrected chi connectivity index (χ0v) is 7.21. The summed E-state index contributed by atoms with van der Waals surface area (Å²) in [5.41, 5.74) is 6.13. The Morgan fingerprint density at radius 3 is 3.08 bits per heavy atom. The summed E-state index contributed by atoms with van der Waals surface area (Å²) in [6.45, 7) is 1.33. The third-order valence-electron chi connectivity index (χ3n) is 1.90. The molecule has 1 aliphatic rings. The Morgan fingerprint density at radius 1 is 1.67 bits per heavy atom. The van der Waals surface area contributed by atoms with Gasteiger partial charge in [-0.1, -0.05) is 0 Å². The molecule has 0 fully saturated rings. The fraction of sp³-hybridized carbons (Fsp3) is 0.667. The molecule has 0 aromatic heterocycles. The van der Waals surface area contributed by atoms with Crippen LogP contribution in [0, 0.1) is 0 Å². The summed E-state index contributed by atoms with van der Waals surface area (Å²) in [6.07, 6.45) is 4.76. The van der Waals surface area contributed by atoms with Gasteiger partial charge in [-0.3, -0.25) is 4.79 Å². The van der Waals surface area contributed by atoms with Crippen LogP contribution >= 0.6 is 0 Å². The van der Waals surface area contributed by atoms with Crippen LogP contribution in [0.25, 0.3) is 0 Å². The third kappa shape index (κ3) is 2.66. The van der Waals surface area contributed by atoms with E-state index in [4.69, 9.17) is 10.5 Å². The van der Waals surface area contributed by atoms with E-state index in [1.54, 1.807) is 6.26 Å². The van der Waals surface area contributed by atoms with E-state index >= 15 is 0 Å². The summed E-state index contributed by atoms with van der Waals surface area (Å²) < 4.78 is 5.07. The van der Waals surface area contributed by atoms with Crippen molar-refractivity contribution in [3.8, 4) is 0 Å². The van der Waals surface area contributed by atoms with E-state index in [1.807, 2.05) is 0 Å². The van der Waals surface area contributed by atoms with E-state index < -0.39 is 0 Å². The summed E-state index contributed by atoms with van der Waals surface area (Å²) >= 11 is 0. The van der Waals surface area contributed by atoms with Gasteiger partial charge in [-0.2, -0.15) is 0 Å². The van der Waals surface area contributed by atoms with Gasteiger partial charge in [0.2, 0.25) is 0 Å². The van der Waals surface area contributed by atoms with Crippen LogP contribution in [0.4, 0.5) is 0 Å². The molecule has 12 heavy (non-hydrogen) atoms. The highest BCUT2D eigenvalue weighted by atomic mass is 16.5. The molecule has 0 aliphatic carbocycles. The molecule has 0 bridgehead atoms. The standard InChI is InChI=1S/C9H15NO2/c10-5-1-4-9(11)8-3-2-6-12-7-8/h7H,1-6,10H2. The summed E-state index contributed by atoms with van der Waals surface area (Å²) in [5.74, 6) is 0.195. The molecule has 0 unspecified atom stereocenters. The molecule has 0 atom stereocenters. The Bertz CT molecular complexity index is 187. The Morgan fingerprint density at radius 2 is 2.50 bits per heavy atom. The van der Waals surface area contributed by atoms with Crippen molar-refractivity contribution in [1.29, 1.82) is 0 Å². The third-order valence-corrected chi connectivity index (χ3v) is 1.90. The molecule has 0 spiro atoms. The van der Waals surface area contributed by atoms with E-state index in [-0.39, 0.29) is 5.78 Å². The Balaban J connectivity index is 2.35. The van der Waals surface area contributed by atoms with Gasteiger partial charge in [0.1, 0.15) is 0 Å². The molecular weight excluding hydrogens is 154 g/mol. The van der Waals surface area contributed by atoms with E-state index in [9.17, 15) is 4.79 Å². The van der Waals surface area contributed by atoms with Gasteiger partial charge < -0.3 is 10.5 Å². The summed E-state index contributed by atoms with van der Waals surface area (Å²) in [5, 5.41) is 0. The number of nitrogens with two attached hydrogens (primary N) is 1. The van der Waals surface area contributed by atoms with Crippen molar-refractivity contribution in [3.63, 3.8) is 0 Å². The van der Waals surface area contributed by atoms with Crippen LogP contribution in [0.5, 0.6) is 0 Å². The lowest BCUT2D eigenvalue weighted by Crippen LogP contribution is -2.10. The van der Waals surface area contributed by atoms with E-state index in [0.717, 1.165) is 31.4 Å². The van der Waals surface area contributed by atoms with Gasteiger partial charge in [-0.15, -0.1) is 0 Å². The topological polar surface area (TPSA) is 52.3 Å². The maximum absolute atomic E-state index is 11.4. The number of allylic oxidation sites excluding steroid dienone is 1. The highest BCUT2D eigenvalue weighted by Crippen LogP contribution is 2.14. The van der Waals surface area contributed by atoms with E-state index in [1.165, 1.54) is 0 Å². The first-order valence-electron chi connectivity index (χ1n) is 4.38. The van der Waals surface area contributed by atoms with Crippen molar-refractivity contribution in [2.24, 2.45) is 5.73 Å². The Labute approximate surface area is 72.6 Å². The number of ether oxygens (including phenoxy) is 1. The van der Waals surface area contributed by atoms with Crippen molar-refractivity contribution in [2.75, 3.05) is 13.2 Å². The van der Waals surface area contributed by atoms with Crippen LogP contribution in [0.1, 0.15) is 25.7 Å². The van der Waals surface area contributed by atoms with Gasteiger partial charge >= 0.3 is 0 Å². The van der Waals surface area contributed by atoms with Crippen LogP contribution in [-0.2, 0) is 9.53 Å². The molecule has 0 radical (unpaired) electrons. The molecule has 2 N–H and O–H groups in total. The van der Waals surface area contributed by atoms with Gasteiger partial charge in [0.15, 0.2) is 5.78 Å². The normalized spacial score (nSPS) is 16.6. The number of ketones is 1. The summed E-state index contributed by atoms with van der Waals surface area (Å²) in [6, 6.07) is 0. The van der Waals surface area contributed by atoms with Crippen molar-refractivity contribution in [2.45, 2.75) is 25.7 Å². The predicted molar refractivity (Wildman–Crippen MR) is 46.6 cm³/mol. The minimum atomic E-state index is 0.195. The second-order valence-electron chi connectivity index (χ2n) is 2.93. The average molecular weight is 169 g/mol. The lowest BCUT2D eigenvalue weighted by Gasteiger charge is -2.11. The van der Waals surface area contributed by atoms with Crippen molar-refractivity contribution in [3.05, 3.63) is 11.8 Å². The SMILES string of the molecule is NCCCC(=O)C1=COCCC1. The lowest BCUT2D eigenvalue weighted by molar-refractivity contribution is -0.116. The van der Waals surface area contributed by atoms with Gasteiger partial charge in [0.05, 0.1) is 12.9 Å². The number of Topliss-reactive ketones (excluding diaryl/α,β-unsaturated/α-hetero) is 1. The first-order valence-corrected chi connectivity index (χ1v) is 4.38. The van der Waals surface area contributed by atoms with Gasteiger partial charge in [0, 0.05) is 12.0 Å². The largest absolute Gasteiger partial charge is 0.501 e. The van der Waals surface area contributed by atoms with Crippen LogP contribution < -0.4 is 5.73 Å². The van der Waals surface area contributed by atoms with Crippen LogP contribution in [0.15, 0.2) is 11.8 Å². The van der Waals surface area contributed by atoms with Crippen LogP contribution in [0.2, 0.25) is 0 Å². The minimum Gasteiger partial charge on any atom is -0.501 e. The molecule has 0 aromatic carbocycles. The van der Waals surface area contributed by atoms with Crippen LogP contribution in [0.3, 0.4) is 0 Å². The molecule has 3 nitrogen and oxygen atoms in total. The zero-order chi connectivity index (χ0) is 8.81. The van der Waals surface area contributed by atoms with E-state index in [0.29, 0.717) is 13.0 Å². The fourth-order valence-corrected chi connectivity index (χ4v) is 1.19.